The highest BCUT2D eigenvalue weighted by molar-refractivity contribution is 7.45. The van der Waals surface area contributed by atoms with Crippen LogP contribution in [0.25, 0.3) is 0 Å². The fourth-order valence-corrected chi connectivity index (χ4v) is 6.58. The van der Waals surface area contributed by atoms with Crippen molar-refractivity contribution in [2.75, 3.05) is 47.5 Å². The molecule has 9 nitrogen and oxygen atoms in total. The first-order valence-electron chi connectivity index (χ1n) is 22.2. The van der Waals surface area contributed by atoms with E-state index in [1.165, 1.54) is 83.5 Å². The molecular formula is C45H84NO8P. The van der Waals surface area contributed by atoms with Gasteiger partial charge in [0.1, 0.15) is 19.8 Å². The number of rotatable bonds is 40. The molecule has 0 N–H and O–H groups in total. The van der Waals surface area contributed by atoms with Crippen LogP contribution in [0, 0.1) is 0 Å². The second kappa shape index (κ2) is 37.8. The Balaban J connectivity index is 4.34. The Morgan fingerprint density at radius 1 is 0.564 bits per heavy atom. The summed E-state index contributed by atoms with van der Waals surface area (Å²) in [6, 6.07) is 0. The fraction of sp³-hybridized carbons (Fsp3) is 0.822. The molecule has 0 bridgehead atoms. The molecule has 0 rings (SSSR count). The first-order valence-corrected chi connectivity index (χ1v) is 23.7. The van der Waals surface area contributed by atoms with Gasteiger partial charge >= 0.3 is 11.9 Å². The Bertz CT molecular complexity index is 1040. The number of carbonyl (C=O) groups excluding carboxylic acids is 2. The molecule has 10 heteroatoms. The molecule has 0 aromatic carbocycles. The van der Waals surface area contributed by atoms with Crippen molar-refractivity contribution in [1.29, 1.82) is 0 Å². The van der Waals surface area contributed by atoms with Gasteiger partial charge in [-0.2, -0.15) is 0 Å². The third-order valence-electron chi connectivity index (χ3n) is 9.38. The molecule has 0 aromatic rings. The first-order chi connectivity index (χ1) is 26.5. The number of unbranched alkanes of at least 4 members (excludes halogenated alkanes) is 20. The standard InChI is InChI=1S/C45H84NO8P/c1-6-8-10-12-14-16-18-20-21-22-23-24-25-26-28-30-32-34-36-38-45(48)54-43(42-53-55(49,50)52-40-39-46(3,4)5)41-51-44(47)37-35-33-31-29-27-19-17-15-13-11-9-7-2/h14-17,20-21,43H,6-13,18-19,22-42H2,1-5H3/b16-14-,17-15-,21-20-. The van der Waals surface area contributed by atoms with Crippen LogP contribution in [0.4, 0.5) is 0 Å². The third-order valence-corrected chi connectivity index (χ3v) is 10.3. The fourth-order valence-electron chi connectivity index (χ4n) is 5.85. The lowest BCUT2D eigenvalue weighted by molar-refractivity contribution is -0.870. The molecule has 0 spiro atoms. The average molecular weight is 798 g/mol. The van der Waals surface area contributed by atoms with Crippen LogP contribution in [0.2, 0.25) is 0 Å². The topological polar surface area (TPSA) is 111 Å². The van der Waals surface area contributed by atoms with Gasteiger partial charge in [-0.25, -0.2) is 0 Å². The van der Waals surface area contributed by atoms with E-state index in [1.54, 1.807) is 0 Å². The summed E-state index contributed by atoms with van der Waals surface area (Å²) in [6.07, 6.45) is 41.6. The van der Waals surface area contributed by atoms with Gasteiger partial charge in [0.15, 0.2) is 6.10 Å². The van der Waals surface area contributed by atoms with E-state index in [0.717, 1.165) is 70.6 Å². The minimum absolute atomic E-state index is 0.0331. The molecule has 0 amide bonds. The summed E-state index contributed by atoms with van der Waals surface area (Å²) >= 11 is 0. The maximum absolute atomic E-state index is 12.7. The van der Waals surface area contributed by atoms with E-state index in [4.69, 9.17) is 18.5 Å². The molecule has 0 aliphatic heterocycles. The molecule has 0 heterocycles. The van der Waals surface area contributed by atoms with E-state index in [2.05, 4.69) is 50.3 Å². The first kappa shape index (κ1) is 53.2. The van der Waals surface area contributed by atoms with E-state index in [0.29, 0.717) is 17.4 Å². The Morgan fingerprint density at radius 3 is 1.45 bits per heavy atom. The number of hydrogen-bond acceptors (Lipinski definition) is 8. The van der Waals surface area contributed by atoms with E-state index >= 15 is 0 Å². The Kier molecular flexibility index (Phi) is 36.6. The summed E-state index contributed by atoms with van der Waals surface area (Å²) in [5.41, 5.74) is 0. The number of phosphoric ester groups is 1. The van der Waals surface area contributed by atoms with Gasteiger partial charge in [-0.3, -0.25) is 14.2 Å². The molecule has 0 aliphatic carbocycles. The van der Waals surface area contributed by atoms with Crippen molar-refractivity contribution < 1.29 is 42.1 Å². The van der Waals surface area contributed by atoms with Crippen molar-refractivity contribution >= 4 is 19.8 Å². The van der Waals surface area contributed by atoms with Crippen LogP contribution in [-0.2, 0) is 32.7 Å². The van der Waals surface area contributed by atoms with Gasteiger partial charge in [0.2, 0.25) is 0 Å². The number of likely N-dealkylation sites (N-methyl/N-ethyl adjacent to an activating group) is 1. The lowest BCUT2D eigenvalue weighted by atomic mass is 10.1. The lowest BCUT2D eigenvalue weighted by Gasteiger charge is -2.28. The summed E-state index contributed by atoms with van der Waals surface area (Å²) in [4.78, 5) is 37.5. The van der Waals surface area contributed by atoms with Gasteiger partial charge < -0.3 is 27.9 Å². The summed E-state index contributed by atoms with van der Waals surface area (Å²) in [7, 11) is 1.16. The summed E-state index contributed by atoms with van der Waals surface area (Å²) in [5, 5.41) is 0. The van der Waals surface area contributed by atoms with E-state index in [9.17, 15) is 19.0 Å². The Hall–Kier alpha value is -1.77. The van der Waals surface area contributed by atoms with Crippen LogP contribution in [0.5, 0.6) is 0 Å². The number of phosphoric acid groups is 1. The average Bonchev–Trinajstić information content (AvgIpc) is 3.13. The van der Waals surface area contributed by atoms with Crippen molar-refractivity contribution in [3.63, 3.8) is 0 Å². The van der Waals surface area contributed by atoms with Crippen molar-refractivity contribution in [2.45, 2.75) is 193 Å². The molecule has 0 aromatic heterocycles. The maximum Gasteiger partial charge on any atom is 0.306 e. The van der Waals surface area contributed by atoms with Gasteiger partial charge in [0.25, 0.3) is 7.82 Å². The van der Waals surface area contributed by atoms with Crippen LogP contribution >= 0.6 is 7.82 Å². The van der Waals surface area contributed by atoms with Crippen molar-refractivity contribution in [1.82, 2.24) is 0 Å². The van der Waals surface area contributed by atoms with Gasteiger partial charge in [-0.1, -0.05) is 140 Å². The number of esters is 2. The van der Waals surface area contributed by atoms with E-state index in [-0.39, 0.29) is 26.1 Å². The Morgan fingerprint density at radius 2 is 0.982 bits per heavy atom. The Labute approximate surface area is 338 Å². The van der Waals surface area contributed by atoms with Crippen LogP contribution < -0.4 is 4.89 Å². The van der Waals surface area contributed by atoms with Crippen LogP contribution in [0.1, 0.15) is 187 Å². The lowest BCUT2D eigenvalue weighted by Crippen LogP contribution is -2.37. The summed E-state index contributed by atoms with van der Waals surface area (Å²) in [5.74, 6) is -0.849. The quantitative estimate of drug-likeness (QED) is 0.0198. The van der Waals surface area contributed by atoms with E-state index in [1.807, 2.05) is 21.1 Å². The van der Waals surface area contributed by atoms with Crippen LogP contribution in [0.15, 0.2) is 36.5 Å². The monoisotopic (exact) mass is 798 g/mol. The van der Waals surface area contributed by atoms with Crippen molar-refractivity contribution in [3.05, 3.63) is 36.5 Å². The number of carbonyl (C=O) groups is 2. The zero-order valence-corrected chi connectivity index (χ0v) is 37.0. The highest BCUT2D eigenvalue weighted by Crippen LogP contribution is 2.38. The van der Waals surface area contributed by atoms with Gasteiger partial charge in [-0.15, -0.1) is 0 Å². The van der Waals surface area contributed by atoms with Gasteiger partial charge in [-0.05, 0) is 70.6 Å². The smallest absolute Gasteiger partial charge is 0.306 e. The molecule has 0 saturated heterocycles. The predicted molar refractivity (Wildman–Crippen MR) is 227 cm³/mol. The third kappa shape index (κ3) is 41.7. The molecule has 0 radical (unpaired) electrons. The molecule has 0 fully saturated rings. The largest absolute Gasteiger partial charge is 0.756 e. The minimum Gasteiger partial charge on any atom is -0.756 e. The number of quaternary nitrogens is 1. The highest BCUT2D eigenvalue weighted by atomic mass is 31.2. The van der Waals surface area contributed by atoms with E-state index < -0.39 is 32.5 Å². The summed E-state index contributed by atoms with van der Waals surface area (Å²) in [6.45, 7) is 4.16. The summed E-state index contributed by atoms with van der Waals surface area (Å²) < 4.78 is 33.9. The highest BCUT2D eigenvalue weighted by Gasteiger charge is 2.21. The number of allylic oxidation sites excluding steroid dienone is 6. The molecule has 0 aliphatic rings. The van der Waals surface area contributed by atoms with Crippen molar-refractivity contribution in [3.8, 4) is 0 Å². The molecule has 55 heavy (non-hydrogen) atoms. The molecule has 322 valence electrons. The van der Waals surface area contributed by atoms with Crippen LogP contribution in [-0.4, -0.2) is 70.0 Å². The van der Waals surface area contributed by atoms with Gasteiger partial charge in [0.05, 0.1) is 27.7 Å². The van der Waals surface area contributed by atoms with Gasteiger partial charge in [0, 0.05) is 12.8 Å². The predicted octanol–water partition coefficient (Wildman–Crippen LogP) is 11.9. The molecular weight excluding hydrogens is 713 g/mol. The maximum atomic E-state index is 12.7. The normalized spacial score (nSPS) is 13.9. The second-order valence-corrected chi connectivity index (χ2v) is 17.5. The SMILES string of the molecule is CCCCC/C=C\C/C=C\CCCCCCCCCCCC(=O)OC(COC(=O)CCCCCCC/C=C\CCCCC)COP(=O)([O-])OCC[N+](C)(C)C. The zero-order valence-electron chi connectivity index (χ0n) is 36.1. The molecule has 2 unspecified atom stereocenters. The number of ether oxygens (including phenoxy) is 2. The zero-order chi connectivity index (χ0) is 40.7. The van der Waals surface area contributed by atoms with Crippen molar-refractivity contribution in [2.24, 2.45) is 0 Å². The minimum atomic E-state index is -4.62. The molecule has 0 saturated carbocycles. The molecule has 2 atom stereocenters. The number of nitrogens with zero attached hydrogens (tertiary/aromatic N) is 1. The second-order valence-electron chi connectivity index (χ2n) is 16.1. The van der Waals surface area contributed by atoms with Crippen LogP contribution in [0.3, 0.4) is 0 Å². The number of hydrogen-bond donors (Lipinski definition) is 0.